The third kappa shape index (κ3) is 3.55. The Bertz CT molecular complexity index is 1000. The molecule has 2 aromatic rings. The van der Waals surface area contributed by atoms with Gasteiger partial charge in [0.05, 0.1) is 24.6 Å². The summed E-state index contributed by atoms with van der Waals surface area (Å²) in [7, 11) is -3.40. The molecule has 0 unspecified atom stereocenters. The van der Waals surface area contributed by atoms with Crippen LogP contribution in [-0.2, 0) is 10.0 Å². The Kier molecular flexibility index (Phi) is 4.55. The van der Waals surface area contributed by atoms with E-state index in [2.05, 4.69) is 15.4 Å². The predicted molar refractivity (Wildman–Crippen MR) is 94.3 cm³/mol. The van der Waals surface area contributed by atoms with Crippen LogP contribution in [0.5, 0.6) is 0 Å². The minimum Gasteiger partial charge on any atom is -0.390 e. The molecule has 0 spiro atoms. The number of halogens is 3. The monoisotopic (exact) mass is 419 g/mol. The molecule has 2 aromatic heterocycles. The number of sulfonamides is 1. The number of β-amino-alcohol motifs (C(OH)–C–C–N with tert-alkyl or cyclic N) is 1. The molecule has 2 N–H and O–H groups in total. The lowest BCUT2D eigenvalue weighted by Crippen LogP contribution is -2.51. The van der Waals surface area contributed by atoms with Crippen molar-refractivity contribution in [1.29, 1.82) is 0 Å². The first-order chi connectivity index (χ1) is 13.0. The van der Waals surface area contributed by atoms with Crippen LogP contribution in [0.15, 0.2) is 12.3 Å². The van der Waals surface area contributed by atoms with E-state index in [9.17, 15) is 26.7 Å². The van der Waals surface area contributed by atoms with Crippen LogP contribution in [0, 0.1) is 5.82 Å². The van der Waals surface area contributed by atoms with Gasteiger partial charge in [0, 0.05) is 37.5 Å². The highest BCUT2D eigenvalue weighted by Gasteiger charge is 2.47. The largest absolute Gasteiger partial charge is 0.390 e. The topological polar surface area (TPSA) is 99.8 Å². The number of nitrogens with zero attached hydrogens (tertiary/aromatic N) is 4. The van der Waals surface area contributed by atoms with Crippen molar-refractivity contribution in [2.45, 2.75) is 43.2 Å². The van der Waals surface area contributed by atoms with Gasteiger partial charge in [-0.1, -0.05) is 0 Å². The standard InChI is InChI=1S/C16H20F3N5O3S/c1-28(26,27)23-3-2-11(14(25)8-23)21-15-20-7-13-10(17)4-12(24(13)22-15)9-5-16(18,19)6-9/h4,7,9,11,14,25H,2-3,5-6,8H2,1H3,(H,21,22)/t11-,14-/m1/s1. The van der Waals surface area contributed by atoms with Crippen molar-refractivity contribution in [2.24, 2.45) is 0 Å². The summed E-state index contributed by atoms with van der Waals surface area (Å²) in [4.78, 5) is 4.03. The summed E-state index contributed by atoms with van der Waals surface area (Å²) in [6.07, 6.45) is 0.979. The van der Waals surface area contributed by atoms with Crippen molar-refractivity contribution in [2.75, 3.05) is 24.7 Å². The number of fused-ring (bicyclic) bond motifs is 1. The van der Waals surface area contributed by atoms with Crippen LogP contribution in [0.25, 0.3) is 5.52 Å². The van der Waals surface area contributed by atoms with Gasteiger partial charge in [-0.25, -0.2) is 31.1 Å². The van der Waals surface area contributed by atoms with Gasteiger partial charge in [-0.3, -0.25) is 0 Å². The zero-order valence-corrected chi connectivity index (χ0v) is 15.8. The number of rotatable bonds is 4. The quantitative estimate of drug-likeness (QED) is 0.772. The summed E-state index contributed by atoms with van der Waals surface area (Å²) in [6, 6.07) is 0.708. The smallest absolute Gasteiger partial charge is 0.249 e. The number of aliphatic hydroxyl groups is 1. The number of aromatic nitrogens is 3. The van der Waals surface area contributed by atoms with Crippen molar-refractivity contribution < 1.29 is 26.7 Å². The summed E-state index contributed by atoms with van der Waals surface area (Å²) >= 11 is 0. The first kappa shape index (κ1) is 19.4. The number of hydrogen-bond donors (Lipinski definition) is 2. The van der Waals surface area contributed by atoms with Gasteiger partial charge >= 0.3 is 0 Å². The molecule has 2 atom stereocenters. The summed E-state index contributed by atoms with van der Waals surface area (Å²) < 4.78 is 66.2. The van der Waals surface area contributed by atoms with Gasteiger partial charge in [-0.05, 0) is 12.5 Å². The summed E-state index contributed by atoms with van der Waals surface area (Å²) in [5, 5.41) is 17.4. The fraction of sp³-hybridized carbons (Fsp3) is 0.625. The molecule has 8 nitrogen and oxygen atoms in total. The molecule has 0 aromatic carbocycles. The third-order valence-electron chi connectivity index (χ3n) is 5.33. The first-order valence-electron chi connectivity index (χ1n) is 8.85. The fourth-order valence-electron chi connectivity index (χ4n) is 3.74. The molecule has 0 amide bonds. The van der Waals surface area contributed by atoms with Crippen molar-refractivity contribution in [3.8, 4) is 0 Å². The second-order valence-corrected chi connectivity index (χ2v) is 9.47. The number of piperidine rings is 1. The molecule has 28 heavy (non-hydrogen) atoms. The zero-order chi connectivity index (χ0) is 20.3. The molecule has 154 valence electrons. The first-order valence-corrected chi connectivity index (χ1v) is 10.7. The molecule has 1 saturated heterocycles. The van der Waals surface area contributed by atoms with E-state index >= 15 is 0 Å². The Morgan fingerprint density at radius 3 is 2.68 bits per heavy atom. The van der Waals surface area contributed by atoms with Gasteiger partial charge in [0.1, 0.15) is 5.52 Å². The lowest BCUT2D eigenvalue weighted by atomic mass is 9.79. The lowest BCUT2D eigenvalue weighted by Gasteiger charge is -2.35. The van der Waals surface area contributed by atoms with E-state index in [1.807, 2.05) is 0 Å². The van der Waals surface area contributed by atoms with Gasteiger partial charge in [-0.2, -0.15) is 4.31 Å². The van der Waals surface area contributed by atoms with Crippen molar-refractivity contribution >= 4 is 21.5 Å². The van der Waals surface area contributed by atoms with E-state index in [1.54, 1.807) is 0 Å². The van der Waals surface area contributed by atoms with Crippen LogP contribution >= 0.6 is 0 Å². The van der Waals surface area contributed by atoms with Gasteiger partial charge in [-0.15, -0.1) is 5.10 Å². The highest BCUT2D eigenvalue weighted by molar-refractivity contribution is 7.88. The Labute approximate surface area is 159 Å². The van der Waals surface area contributed by atoms with E-state index in [0.717, 1.165) is 6.26 Å². The second-order valence-electron chi connectivity index (χ2n) is 7.48. The molecule has 1 aliphatic carbocycles. The number of hydrogen-bond acceptors (Lipinski definition) is 6. The highest BCUT2D eigenvalue weighted by Crippen LogP contribution is 2.48. The molecule has 2 aliphatic rings. The molecule has 0 radical (unpaired) electrons. The maximum Gasteiger partial charge on any atom is 0.249 e. The lowest BCUT2D eigenvalue weighted by molar-refractivity contribution is -0.0879. The summed E-state index contributed by atoms with van der Waals surface area (Å²) in [5.41, 5.74) is 0.444. The van der Waals surface area contributed by atoms with E-state index in [1.165, 1.54) is 21.1 Å². The van der Waals surface area contributed by atoms with Crippen molar-refractivity contribution in [1.82, 2.24) is 18.9 Å². The fourth-order valence-corrected chi connectivity index (χ4v) is 4.60. The van der Waals surface area contributed by atoms with Crippen molar-refractivity contribution in [3.05, 3.63) is 23.8 Å². The van der Waals surface area contributed by atoms with Gasteiger partial charge < -0.3 is 10.4 Å². The molecule has 2 fully saturated rings. The molecule has 0 bridgehead atoms. The van der Waals surface area contributed by atoms with Crippen LogP contribution < -0.4 is 5.32 Å². The second kappa shape index (κ2) is 6.56. The molecule has 4 rings (SSSR count). The Morgan fingerprint density at radius 2 is 2.07 bits per heavy atom. The summed E-state index contributed by atoms with van der Waals surface area (Å²) in [6.45, 7) is 0.176. The Hall–Kier alpha value is -1.92. The minimum atomic E-state index is -3.40. The number of nitrogens with one attached hydrogen (secondary N) is 1. The van der Waals surface area contributed by atoms with Crippen LogP contribution in [0.1, 0.15) is 30.9 Å². The molecular weight excluding hydrogens is 399 g/mol. The molecule has 12 heteroatoms. The third-order valence-corrected chi connectivity index (χ3v) is 6.60. The SMILES string of the molecule is CS(=O)(=O)N1CC[C@@H](Nc2ncc3c(F)cc(C4CC(F)(F)C4)n3n2)[C@H](O)C1. The van der Waals surface area contributed by atoms with E-state index < -0.39 is 39.8 Å². The maximum absolute atomic E-state index is 14.1. The summed E-state index contributed by atoms with van der Waals surface area (Å²) in [5.74, 6) is -3.71. The molecule has 3 heterocycles. The van der Waals surface area contributed by atoms with E-state index in [-0.39, 0.29) is 37.4 Å². The predicted octanol–water partition coefficient (Wildman–Crippen LogP) is 1.19. The molecule has 1 saturated carbocycles. The number of anilines is 1. The van der Waals surface area contributed by atoms with Crippen LogP contribution in [0.3, 0.4) is 0 Å². The average Bonchev–Trinajstić information content (AvgIpc) is 2.89. The van der Waals surface area contributed by atoms with Crippen LogP contribution in [-0.4, -0.2) is 69.8 Å². The van der Waals surface area contributed by atoms with E-state index in [4.69, 9.17) is 0 Å². The molecular formula is C16H20F3N5O3S. The minimum absolute atomic E-state index is 0.0563. The van der Waals surface area contributed by atoms with Gasteiger partial charge in [0.25, 0.3) is 0 Å². The maximum atomic E-state index is 14.1. The van der Waals surface area contributed by atoms with E-state index in [0.29, 0.717) is 12.1 Å². The van der Waals surface area contributed by atoms with Crippen LogP contribution in [0.2, 0.25) is 0 Å². The number of aliphatic hydroxyl groups excluding tert-OH is 1. The average molecular weight is 419 g/mol. The Balaban J connectivity index is 1.54. The van der Waals surface area contributed by atoms with Crippen LogP contribution in [0.4, 0.5) is 19.1 Å². The Morgan fingerprint density at radius 1 is 1.36 bits per heavy atom. The van der Waals surface area contributed by atoms with Gasteiger partial charge in [0.2, 0.25) is 21.9 Å². The van der Waals surface area contributed by atoms with Crippen molar-refractivity contribution in [3.63, 3.8) is 0 Å². The molecule has 1 aliphatic heterocycles. The zero-order valence-electron chi connectivity index (χ0n) is 15.0. The number of alkyl halides is 2. The normalized spacial score (nSPS) is 26.3. The van der Waals surface area contributed by atoms with Gasteiger partial charge in [0.15, 0.2) is 5.82 Å². The highest BCUT2D eigenvalue weighted by atomic mass is 32.2.